The van der Waals surface area contributed by atoms with E-state index in [9.17, 15) is 14.4 Å². The Morgan fingerprint density at radius 3 is 2.95 bits per heavy atom. The van der Waals surface area contributed by atoms with Gasteiger partial charge in [-0.1, -0.05) is 0 Å². The van der Waals surface area contributed by atoms with Crippen LogP contribution >= 0.6 is 11.3 Å². The highest BCUT2D eigenvalue weighted by Gasteiger charge is 2.28. The average Bonchev–Trinajstić information content (AvgIpc) is 3.05. The Hall–Kier alpha value is -1.93. The lowest BCUT2D eigenvalue weighted by atomic mass is 10.2. The molecule has 7 nitrogen and oxygen atoms in total. The van der Waals surface area contributed by atoms with Crippen molar-refractivity contribution in [3.05, 3.63) is 22.4 Å². The molecule has 0 saturated carbocycles. The van der Waals surface area contributed by atoms with Crippen LogP contribution in [0, 0.1) is 0 Å². The van der Waals surface area contributed by atoms with Crippen LogP contribution in [-0.4, -0.2) is 60.1 Å². The maximum Gasteiger partial charge on any atom is 0.334 e. The first-order valence-corrected chi connectivity index (χ1v) is 7.95. The Balaban J connectivity index is 1.67. The molecule has 8 heteroatoms. The second-order valence-corrected chi connectivity index (χ2v) is 5.69. The minimum Gasteiger partial charge on any atom is -0.479 e. The molecule has 1 aliphatic heterocycles. The summed E-state index contributed by atoms with van der Waals surface area (Å²) in [4.78, 5) is 36.1. The molecule has 2 amide bonds. The van der Waals surface area contributed by atoms with Crippen molar-refractivity contribution in [2.45, 2.75) is 18.9 Å². The quantitative estimate of drug-likeness (QED) is 0.745. The van der Waals surface area contributed by atoms with Crippen molar-refractivity contribution in [3.63, 3.8) is 0 Å². The van der Waals surface area contributed by atoms with E-state index in [0.29, 0.717) is 25.1 Å². The molecule has 0 aromatic carbocycles. The molecule has 0 bridgehead atoms. The standard InChI is InChI=1S/C14H18N2O5S/c17-12(16-5-6-21-11(8-16)14(19)20)2-1-4-15-13(18)10-3-7-22-9-10/h3,7,9,11H,1-2,4-6,8H2,(H,15,18)(H,19,20). The van der Waals surface area contributed by atoms with Crippen molar-refractivity contribution >= 4 is 29.1 Å². The van der Waals surface area contributed by atoms with Crippen molar-refractivity contribution in [1.29, 1.82) is 0 Å². The van der Waals surface area contributed by atoms with Gasteiger partial charge in [-0.3, -0.25) is 9.59 Å². The summed E-state index contributed by atoms with van der Waals surface area (Å²) in [7, 11) is 0. The van der Waals surface area contributed by atoms with E-state index in [2.05, 4.69) is 5.32 Å². The van der Waals surface area contributed by atoms with Gasteiger partial charge in [0, 0.05) is 30.5 Å². The Morgan fingerprint density at radius 2 is 2.27 bits per heavy atom. The summed E-state index contributed by atoms with van der Waals surface area (Å²) in [6, 6.07) is 1.74. The molecule has 2 heterocycles. The van der Waals surface area contributed by atoms with Crippen molar-refractivity contribution in [3.8, 4) is 0 Å². The third-order valence-electron chi connectivity index (χ3n) is 3.33. The second-order valence-electron chi connectivity index (χ2n) is 4.91. The van der Waals surface area contributed by atoms with Crippen LogP contribution in [0.1, 0.15) is 23.2 Å². The summed E-state index contributed by atoms with van der Waals surface area (Å²) < 4.78 is 5.07. The van der Waals surface area contributed by atoms with Gasteiger partial charge in [-0.25, -0.2) is 4.79 Å². The Morgan fingerprint density at radius 1 is 1.45 bits per heavy atom. The number of rotatable bonds is 6. The van der Waals surface area contributed by atoms with E-state index in [-0.39, 0.29) is 31.4 Å². The first-order valence-electron chi connectivity index (χ1n) is 7.00. The van der Waals surface area contributed by atoms with Gasteiger partial charge in [-0.2, -0.15) is 11.3 Å². The fourth-order valence-electron chi connectivity index (χ4n) is 2.12. The average molecular weight is 326 g/mol. The minimum atomic E-state index is -1.06. The number of carboxylic acid groups (broad SMARTS) is 1. The predicted octanol–water partition coefficient (Wildman–Crippen LogP) is 0.570. The molecule has 1 aromatic rings. The zero-order valence-electron chi connectivity index (χ0n) is 12.0. The molecule has 2 rings (SSSR count). The minimum absolute atomic E-state index is 0.0788. The van der Waals surface area contributed by atoms with E-state index in [1.807, 2.05) is 5.38 Å². The van der Waals surface area contributed by atoms with E-state index in [1.165, 1.54) is 16.2 Å². The molecule has 1 aromatic heterocycles. The van der Waals surface area contributed by atoms with Crippen LogP contribution in [0.5, 0.6) is 0 Å². The number of hydrogen-bond acceptors (Lipinski definition) is 5. The normalized spacial score (nSPS) is 18.0. The van der Waals surface area contributed by atoms with Crippen molar-refractivity contribution in [2.75, 3.05) is 26.2 Å². The Bertz CT molecular complexity index is 531. The highest BCUT2D eigenvalue weighted by atomic mass is 32.1. The second kappa shape index (κ2) is 7.90. The number of nitrogens with one attached hydrogen (secondary N) is 1. The molecule has 22 heavy (non-hydrogen) atoms. The molecular formula is C14H18N2O5S. The molecule has 120 valence electrons. The van der Waals surface area contributed by atoms with Gasteiger partial charge < -0.3 is 20.1 Å². The van der Waals surface area contributed by atoms with Gasteiger partial charge in [0.25, 0.3) is 5.91 Å². The van der Waals surface area contributed by atoms with E-state index >= 15 is 0 Å². The summed E-state index contributed by atoms with van der Waals surface area (Å²) in [5, 5.41) is 15.2. The number of thiophene rings is 1. The molecule has 0 radical (unpaired) electrons. The summed E-state index contributed by atoms with van der Waals surface area (Å²) in [6.07, 6.45) is -0.156. The Labute approximate surface area is 131 Å². The molecule has 0 aliphatic carbocycles. The zero-order chi connectivity index (χ0) is 15.9. The van der Waals surface area contributed by atoms with Gasteiger partial charge in [-0.05, 0) is 17.9 Å². The lowest BCUT2D eigenvalue weighted by molar-refractivity contribution is -0.159. The number of carbonyl (C=O) groups is 3. The third kappa shape index (κ3) is 4.54. The van der Waals surface area contributed by atoms with Crippen LogP contribution in [0.25, 0.3) is 0 Å². The number of nitrogens with zero attached hydrogens (tertiary/aromatic N) is 1. The Kier molecular flexibility index (Phi) is 5.91. The highest BCUT2D eigenvalue weighted by molar-refractivity contribution is 7.08. The van der Waals surface area contributed by atoms with E-state index < -0.39 is 12.1 Å². The summed E-state index contributed by atoms with van der Waals surface area (Å²) in [6.45, 7) is 1.13. The third-order valence-corrected chi connectivity index (χ3v) is 4.01. The van der Waals surface area contributed by atoms with E-state index in [1.54, 1.807) is 11.4 Å². The smallest absolute Gasteiger partial charge is 0.334 e. The van der Waals surface area contributed by atoms with Crippen LogP contribution in [0.15, 0.2) is 16.8 Å². The van der Waals surface area contributed by atoms with Crippen molar-refractivity contribution in [2.24, 2.45) is 0 Å². The predicted molar refractivity (Wildman–Crippen MR) is 79.8 cm³/mol. The molecule has 0 spiro atoms. The first kappa shape index (κ1) is 16.4. The van der Waals surface area contributed by atoms with Gasteiger partial charge in [-0.15, -0.1) is 0 Å². The number of carboxylic acids is 1. The van der Waals surface area contributed by atoms with Crippen molar-refractivity contribution < 1.29 is 24.2 Å². The van der Waals surface area contributed by atoms with Crippen LogP contribution in [-0.2, 0) is 14.3 Å². The van der Waals surface area contributed by atoms with Crippen LogP contribution in [0.3, 0.4) is 0 Å². The maximum atomic E-state index is 12.0. The molecule has 1 unspecified atom stereocenters. The molecule has 1 atom stereocenters. The zero-order valence-corrected chi connectivity index (χ0v) is 12.8. The molecule has 1 aliphatic rings. The van der Waals surface area contributed by atoms with Crippen LogP contribution in [0.2, 0.25) is 0 Å². The van der Waals surface area contributed by atoms with E-state index in [4.69, 9.17) is 9.84 Å². The van der Waals surface area contributed by atoms with Crippen LogP contribution < -0.4 is 5.32 Å². The largest absolute Gasteiger partial charge is 0.479 e. The number of ether oxygens (including phenoxy) is 1. The van der Waals surface area contributed by atoms with Gasteiger partial charge in [0.15, 0.2) is 6.10 Å². The van der Waals surface area contributed by atoms with Gasteiger partial charge in [0.1, 0.15) is 0 Å². The fraction of sp³-hybridized carbons (Fsp3) is 0.500. The lowest BCUT2D eigenvalue weighted by Gasteiger charge is -2.30. The lowest BCUT2D eigenvalue weighted by Crippen LogP contribution is -2.48. The maximum absolute atomic E-state index is 12.0. The number of carbonyl (C=O) groups excluding carboxylic acids is 2. The number of amides is 2. The topological polar surface area (TPSA) is 95.9 Å². The monoisotopic (exact) mass is 326 g/mol. The summed E-state index contributed by atoms with van der Waals surface area (Å²) >= 11 is 1.45. The first-order chi connectivity index (χ1) is 10.6. The fourth-order valence-corrected chi connectivity index (χ4v) is 2.76. The van der Waals surface area contributed by atoms with E-state index in [0.717, 1.165) is 0 Å². The number of hydrogen-bond donors (Lipinski definition) is 2. The molecule has 2 N–H and O–H groups in total. The molecular weight excluding hydrogens is 308 g/mol. The summed E-state index contributed by atoms with van der Waals surface area (Å²) in [5.41, 5.74) is 0.619. The SMILES string of the molecule is O=C(NCCCC(=O)N1CCOC(C(=O)O)C1)c1ccsc1. The number of aliphatic carboxylic acids is 1. The van der Waals surface area contributed by atoms with Crippen molar-refractivity contribution in [1.82, 2.24) is 10.2 Å². The molecule has 1 fully saturated rings. The summed E-state index contributed by atoms with van der Waals surface area (Å²) in [5.74, 6) is -1.31. The highest BCUT2D eigenvalue weighted by Crippen LogP contribution is 2.08. The van der Waals surface area contributed by atoms with Gasteiger partial charge >= 0.3 is 5.97 Å². The van der Waals surface area contributed by atoms with Gasteiger partial charge in [0.2, 0.25) is 5.91 Å². The molecule has 1 saturated heterocycles. The van der Waals surface area contributed by atoms with Gasteiger partial charge in [0.05, 0.1) is 13.2 Å². The number of morpholine rings is 1. The van der Waals surface area contributed by atoms with Crippen LogP contribution in [0.4, 0.5) is 0 Å².